The van der Waals surface area contributed by atoms with Crippen LogP contribution < -0.4 is 0 Å². The average molecular weight is 763 g/mol. The van der Waals surface area contributed by atoms with Crippen LogP contribution in [-0.4, -0.2) is 65.4 Å². The van der Waals surface area contributed by atoms with E-state index >= 15 is 0 Å². The molecule has 0 rings (SSSR count). The van der Waals surface area contributed by atoms with Crippen LogP contribution in [0.3, 0.4) is 0 Å². The van der Waals surface area contributed by atoms with Crippen molar-refractivity contribution in [3.63, 3.8) is 0 Å². The van der Waals surface area contributed by atoms with Crippen molar-refractivity contribution in [3.05, 3.63) is 0 Å². The summed E-state index contributed by atoms with van der Waals surface area (Å²) in [7, 11) is -7.58. The molecule has 0 bridgehead atoms. The SMILES string of the molecule is CC(C)CCCCCOS(=O)(=O)OCCCCCC(C)C.CC(C)CCCCCOS(=O)(=O)OCCCCCC(C)C.O=C(O)CCC(=O)O. The molecule has 0 aromatic heterocycles. The van der Waals surface area contributed by atoms with Gasteiger partial charge in [0.05, 0.1) is 39.3 Å². The Morgan fingerprint density at radius 2 is 0.600 bits per heavy atom. The lowest BCUT2D eigenvalue weighted by Gasteiger charge is -2.07. The minimum atomic E-state index is -3.79. The summed E-state index contributed by atoms with van der Waals surface area (Å²) in [5.74, 6) is 0.657. The zero-order valence-electron chi connectivity index (χ0n) is 32.7. The second-order valence-electron chi connectivity index (χ2n) is 14.4. The highest BCUT2D eigenvalue weighted by Crippen LogP contribution is 2.12. The summed E-state index contributed by atoms with van der Waals surface area (Å²) >= 11 is 0. The first-order valence-electron chi connectivity index (χ1n) is 18.8. The molecule has 0 unspecified atom stereocenters. The predicted molar refractivity (Wildman–Crippen MR) is 199 cm³/mol. The third-order valence-electron chi connectivity index (χ3n) is 7.17. The van der Waals surface area contributed by atoms with Crippen molar-refractivity contribution in [2.75, 3.05) is 26.4 Å². The van der Waals surface area contributed by atoms with Crippen LogP contribution in [0.25, 0.3) is 0 Å². The molecule has 0 fully saturated rings. The molecular formula is C36H74O12S2. The van der Waals surface area contributed by atoms with Crippen molar-refractivity contribution in [1.82, 2.24) is 0 Å². The summed E-state index contributed by atoms with van der Waals surface area (Å²) in [5.41, 5.74) is 0. The molecule has 12 nitrogen and oxygen atoms in total. The van der Waals surface area contributed by atoms with Gasteiger partial charge in [0.25, 0.3) is 0 Å². The highest BCUT2D eigenvalue weighted by atomic mass is 32.3. The molecule has 0 aliphatic rings. The maximum Gasteiger partial charge on any atom is 0.399 e. The van der Waals surface area contributed by atoms with E-state index in [4.69, 9.17) is 26.9 Å². The van der Waals surface area contributed by atoms with Gasteiger partial charge in [0, 0.05) is 0 Å². The van der Waals surface area contributed by atoms with Gasteiger partial charge in [0.1, 0.15) is 0 Å². The van der Waals surface area contributed by atoms with Gasteiger partial charge in [-0.05, 0) is 49.4 Å². The van der Waals surface area contributed by atoms with Gasteiger partial charge in [0.15, 0.2) is 0 Å². The Kier molecular flexibility index (Phi) is 36.9. The summed E-state index contributed by atoms with van der Waals surface area (Å²) in [6.07, 6.45) is 15.7. The quantitative estimate of drug-likeness (QED) is 0.0640. The van der Waals surface area contributed by atoms with E-state index in [2.05, 4.69) is 55.4 Å². The third-order valence-corrected chi connectivity index (χ3v) is 8.99. The smallest absolute Gasteiger partial charge is 0.399 e. The van der Waals surface area contributed by atoms with Gasteiger partial charge >= 0.3 is 32.7 Å². The van der Waals surface area contributed by atoms with E-state index in [0.29, 0.717) is 23.7 Å². The molecule has 2 N–H and O–H groups in total. The van der Waals surface area contributed by atoms with Crippen LogP contribution in [-0.2, 0) is 47.1 Å². The second kappa shape index (κ2) is 34.7. The molecular weight excluding hydrogens is 689 g/mol. The molecule has 0 spiro atoms. The molecule has 50 heavy (non-hydrogen) atoms. The van der Waals surface area contributed by atoms with Crippen molar-refractivity contribution in [2.24, 2.45) is 23.7 Å². The van der Waals surface area contributed by atoms with Crippen LogP contribution in [0.2, 0.25) is 0 Å². The monoisotopic (exact) mass is 762 g/mol. The Balaban J connectivity index is -0.000000727. The molecule has 0 aliphatic heterocycles. The summed E-state index contributed by atoms with van der Waals surface area (Å²) in [6, 6.07) is 0. The number of carboxylic acids is 2. The van der Waals surface area contributed by atoms with Crippen LogP contribution in [0.5, 0.6) is 0 Å². The van der Waals surface area contributed by atoms with E-state index < -0.39 is 32.7 Å². The molecule has 0 aromatic carbocycles. The van der Waals surface area contributed by atoms with E-state index in [-0.39, 0.29) is 39.3 Å². The zero-order valence-corrected chi connectivity index (χ0v) is 34.3. The molecule has 0 heterocycles. The normalized spacial score (nSPS) is 11.8. The van der Waals surface area contributed by atoms with E-state index in [1.54, 1.807) is 0 Å². The Morgan fingerprint density at radius 1 is 0.400 bits per heavy atom. The molecule has 14 heteroatoms. The number of hydrogen-bond acceptors (Lipinski definition) is 10. The van der Waals surface area contributed by atoms with Crippen molar-refractivity contribution in [1.29, 1.82) is 0 Å². The molecule has 0 atom stereocenters. The van der Waals surface area contributed by atoms with Gasteiger partial charge in [-0.25, -0.2) is 16.7 Å². The van der Waals surface area contributed by atoms with Crippen LogP contribution in [0.4, 0.5) is 0 Å². The van der Waals surface area contributed by atoms with Gasteiger partial charge in [-0.3, -0.25) is 9.59 Å². The Bertz CT molecular complexity index is 863. The first-order valence-corrected chi connectivity index (χ1v) is 21.5. The van der Waals surface area contributed by atoms with Gasteiger partial charge in [-0.2, -0.15) is 16.8 Å². The number of carboxylic acid groups (broad SMARTS) is 2. The van der Waals surface area contributed by atoms with E-state index in [1.165, 1.54) is 25.7 Å². The lowest BCUT2D eigenvalue weighted by Crippen LogP contribution is -2.12. The standard InChI is InChI=1S/2C16H34O4S.C4H6O4/c2*1-15(2)11-7-5-9-13-19-21(17,18)20-14-10-6-8-12-16(3)4;5-3(6)1-2-4(7)8/h2*15-16H,5-14H2,1-4H3;1-2H2,(H,5,6)(H,7,8). The topological polar surface area (TPSA) is 180 Å². The van der Waals surface area contributed by atoms with Gasteiger partial charge in [-0.15, -0.1) is 0 Å². The molecule has 0 aromatic rings. The number of rotatable bonds is 31. The predicted octanol–water partition coefficient (Wildman–Crippen LogP) is 9.33. The Morgan fingerprint density at radius 3 is 0.760 bits per heavy atom. The van der Waals surface area contributed by atoms with E-state index in [0.717, 1.165) is 77.0 Å². The third kappa shape index (κ3) is 51.1. The maximum absolute atomic E-state index is 11.5. The summed E-state index contributed by atoms with van der Waals surface area (Å²) < 4.78 is 65.2. The van der Waals surface area contributed by atoms with Crippen LogP contribution in [0, 0.1) is 23.7 Å². The van der Waals surface area contributed by atoms with Crippen molar-refractivity contribution < 1.29 is 53.4 Å². The fourth-order valence-corrected chi connectivity index (χ4v) is 5.68. The molecule has 0 saturated carbocycles. The molecule has 0 radical (unpaired) electrons. The van der Waals surface area contributed by atoms with E-state index in [9.17, 15) is 26.4 Å². The highest BCUT2D eigenvalue weighted by molar-refractivity contribution is 7.82. The first kappa shape index (κ1) is 53.0. The van der Waals surface area contributed by atoms with Crippen LogP contribution >= 0.6 is 0 Å². The van der Waals surface area contributed by atoms with Crippen molar-refractivity contribution in [3.8, 4) is 0 Å². The fraction of sp³-hybridized carbons (Fsp3) is 0.944. The van der Waals surface area contributed by atoms with Gasteiger partial charge in [-0.1, -0.05) is 132 Å². The molecule has 0 amide bonds. The first-order chi connectivity index (χ1) is 23.3. The molecule has 0 aliphatic carbocycles. The zero-order chi connectivity index (χ0) is 38.8. The largest absolute Gasteiger partial charge is 0.481 e. The summed E-state index contributed by atoms with van der Waals surface area (Å²) in [6.45, 7) is 18.4. The Labute approximate surface area is 306 Å². The number of aliphatic carboxylic acids is 2. The maximum atomic E-state index is 11.5. The number of unbranched alkanes of at least 4 members (excludes halogenated alkanes) is 8. The lowest BCUT2D eigenvalue weighted by molar-refractivity contribution is -0.143. The minimum absolute atomic E-state index is 0.230. The van der Waals surface area contributed by atoms with Crippen LogP contribution in [0.1, 0.15) is 171 Å². The number of hydrogen-bond donors (Lipinski definition) is 2. The van der Waals surface area contributed by atoms with Crippen molar-refractivity contribution >= 4 is 32.7 Å². The summed E-state index contributed by atoms with van der Waals surface area (Å²) in [4.78, 5) is 19.3. The highest BCUT2D eigenvalue weighted by Gasteiger charge is 2.12. The Hall–Kier alpha value is -1.32. The second-order valence-corrected chi connectivity index (χ2v) is 16.9. The fourth-order valence-electron chi connectivity index (χ4n) is 4.25. The van der Waals surface area contributed by atoms with Gasteiger partial charge in [0.2, 0.25) is 0 Å². The minimum Gasteiger partial charge on any atom is -0.481 e. The van der Waals surface area contributed by atoms with Crippen molar-refractivity contribution in [2.45, 2.75) is 171 Å². The molecule has 0 saturated heterocycles. The lowest BCUT2D eigenvalue weighted by atomic mass is 10.1. The van der Waals surface area contributed by atoms with Crippen LogP contribution in [0.15, 0.2) is 0 Å². The van der Waals surface area contributed by atoms with E-state index in [1.807, 2.05) is 0 Å². The number of carbonyl (C=O) groups is 2. The molecule has 302 valence electrons. The van der Waals surface area contributed by atoms with Gasteiger partial charge < -0.3 is 10.2 Å². The average Bonchev–Trinajstić information content (AvgIpc) is 2.99. The summed E-state index contributed by atoms with van der Waals surface area (Å²) in [5, 5.41) is 15.8.